The fourth-order valence-corrected chi connectivity index (χ4v) is 4.61. The molecule has 0 atom stereocenters. The van der Waals surface area contributed by atoms with Gasteiger partial charge in [0.25, 0.3) is 0 Å². The summed E-state index contributed by atoms with van der Waals surface area (Å²) < 4.78 is 0. The van der Waals surface area contributed by atoms with E-state index in [1.807, 2.05) is 0 Å². The number of rotatable bonds is 1. The quantitative estimate of drug-likeness (QED) is 0.651. The average Bonchev–Trinajstić information content (AvgIpc) is 3.03. The largest absolute Gasteiger partial charge is 0.0619 e. The number of hydrogen-bond acceptors (Lipinski definition) is 0. The molecule has 1 aromatic carbocycles. The van der Waals surface area contributed by atoms with Crippen molar-refractivity contribution in [1.82, 2.24) is 0 Å². The molecule has 22 heavy (non-hydrogen) atoms. The van der Waals surface area contributed by atoms with Crippen LogP contribution in [-0.2, 0) is 0 Å². The van der Waals surface area contributed by atoms with Gasteiger partial charge in [-0.2, -0.15) is 0 Å². The van der Waals surface area contributed by atoms with Gasteiger partial charge in [0.2, 0.25) is 0 Å². The minimum atomic E-state index is -0.455. The van der Waals surface area contributed by atoms with E-state index in [2.05, 4.69) is 77.2 Å². The van der Waals surface area contributed by atoms with Crippen LogP contribution in [-0.4, -0.2) is 8.41 Å². The van der Waals surface area contributed by atoms with E-state index in [0.29, 0.717) is 0 Å². The molecule has 0 heterocycles. The molecule has 2 aliphatic carbocycles. The maximum Gasteiger partial charge on any atom is 0.0136 e. The highest BCUT2D eigenvalue weighted by molar-refractivity contribution is 6.47. The molecule has 0 saturated carbocycles. The lowest BCUT2D eigenvalue weighted by Gasteiger charge is -2.21. The highest BCUT2D eigenvalue weighted by atomic mass is 28.2. The van der Waals surface area contributed by atoms with Crippen LogP contribution >= 0.6 is 0 Å². The Balaban J connectivity index is 2.05. The average molecular weight is 306 g/mol. The van der Waals surface area contributed by atoms with Crippen molar-refractivity contribution in [1.29, 1.82) is 0 Å². The van der Waals surface area contributed by atoms with Gasteiger partial charge < -0.3 is 0 Å². The molecule has 0 fully saturated rings. The Labute approximate surface area is 135 Å². The SMILES string of the molecule is CC1=c2c(cccc2=[Si](C)C)[C]=C1C1=CC=C(C(C)(C)C)C1. The molecule has 0 unspecified atom stereocenters. The summed E-state index contributed by atoms with van der Waals surface area (Å²) in [7, 11) is -0.455. The second-order valence-electron chi connectivity index (χ2n) is 7.66. The fraction of sp³-hybridized carbons (Fsp3) is 0.381. The molecule has 0 amide bonds. The summed E-state index contributed by atoms with van der Waals surface area (Å²) in [5, 5.41) is 1.46. The van der Waals surface area contributed by atoms with Crippen LogP contribution in [0.4, 0.5) is 0 Å². The van der Waals surface area contributed by atoms with Crippen molar-refractivity contribution in [3.05, 3.63) is 68.7 Å². The first-order chi connectivity index (χ1) is 10.3. The van der Waals surface area contributed by atoms with Gasteiger partial charge in [0.05, 0.1) is 0 Å². The van der Waals surface area contributed by atoms with Crippen molar-refractivity contribution in [3.63, 3.8) is 0 Å². The smallest absolute Gasteiger partial charge is 0.0136 e. The molecular formula is C21H25Si. The third kappa shape index (κ3) is 2.52. The normalized spacial score (nSPS) is 17.2. The Morgan fingerprint density at radius 2 is 1.82 bits per heavy atom. The Morgan fingerprint density at radius 3 is 2.41 bits per heavy atom. The number of benzene rings is 1. The summed E-state index contributed by atoms with van der Waals surface area (Å²) in [6.45, 7) is 13.9. The van der Waals surface area contributed by atoms with Gasteiger partial charge in [-0.25, -0.2) is 0 Å². The Bertz CT molecular complexity index is 848. The predicted octanol–water partition coefficient (Wildman–Crippen LogP) is 4.84. The van der Waals surface area contributed by atoms with Crippen LogP contribution in [0.2, 0.25) is 13.1 Å². The molecule has 0 nitrogen and oxygen atoms in total. The van der Waals surface area contributed by atoms with Crippen molar-refractivity contribution < 1.29 is 0 Å². The highest BCUT2D eigenvalue weighted by Gasteiger charge is 2.24. The molecule has 0 aromatic heterocycles. The lowest BCUT2D eigenvalue weighted by molar-refractivity contribution is 0.495. The Kier molecular flexibility index (Phi) is 3.72. The molecule has 0 N–H and O–H groups in total. The van der Waals surface area contributed by atoms with Crippen molar-refractivity contribution in [2.75, 3.05) is 0 Å². The molecule has 3 rings (SSSR count). The third-order valence-electron chi connectivity index (χ3n) is 4.76. The Morgan fingerprint density at radius 1 is 1.09 bits per heavy atom. The Hall–Kier alpha value is -1.47. The minimum Gasteiger partial charge on any atom is -0.0619 e. The molecule has 0 aliphatic heterocycles. The van der Waals surface area contributed by atoms with Crippen molar-refractivity contribution in [2.45, 2.75) is 47.2 Å². The summed E-state index contributed by atoms with van der Waals surface area (Å²) in [5.41, 5.74) is 7.27. The van der Waals surface area contributed by atoms with Crippen molar-refractivity contribution in [2.24, 2.45) is 5.41 Å². The minimum absolute atomic E-state index is 0.256. The summed E-state index contributed by atoms with van der Waals surface area (Å²) in [5.74, 6) is 0. The predicted molar refractivity (Wildman–Crippen MR) is 97.6 cm³/mol. The van der Waals surface area contributed by atoms with Gasteiger partial charge in [0.1, 0.15) is 0 Å². The molecule has 1 radical (unpaired) electrons. The molecule has 2 aliphatic rings. The van der Waals surface area contributed by atoms with E-state index in [1.54, 1.807) is 4.81 Å². The van der Waals surface area contributed by atoms with Crippen LogP contribution in [0.25, 0.3) is 5.57 Å². The topological polar surface area (TPSA) is 0 Å². The van der Waals surface area contributed by atoms with E-state index < -0.39 is 8.41 Å². The van der Waals surface area contributed by atoms with Crippen LogP contribution in [0.5, 0.6) is 0 Å². The van der Waals surface area contributed by atoms with Gasteiger partial charge in [-0.15, -0.1) is 0 Å². The monoisotopic (exact) mass is 305 g/mol. The summed E-state index contributed by atoms with van der Waals surface area (Å²) in [6.07, 6.45) is 9.38. The van der Waals surface area contributed by atoms with E-state index in [0.717, 1.165) is 6.42 Å². The van der Waals surface area contributed by atoms with Gasteiger partial charge in [0, 0.05) is 8.41 Å². The maximum absolute atomic E-state index is 3.69. The summed E-state index contributed by atoms with van der Waals surface area (Å²) in [6, 6.07) is 6.72. The first kappa shape index (κ1) is 15.4. The van der Waals surface area contributed by atoms with Crippen LogP contribution in [0, 0.1) is 16.3 Å². The lowest BCUT2D eigenvalue weighted by atomic mass is 9.84. The van der Waals surface area contributed by atoms with Crippen LogP contribution in [0.1, 0.15) is 39.7 Å². The van der Waals surface area contributed by atoms with E-state index >= 15 is 0 Å². The van der Waals surface area contributed by atoms with E-state index in [1.165, 1.54) is 33.1 Å². The van der Waals surface area contributed by atoms with Crippen LogP contribution in [0.3, 0.4) is 0 Å². The van der Waals surface area contributed by atoms with Crippen molar-refractivity contribution in [3.8, 4) is 0 Å². The maximum atomic E-state index is 3.69. The second kappa shape index (κ2) is 5.31. The van der Waals surface area contributed by atoms with E-state index in [-0.39, 0.29) is 5.41 Å². The number of hydrogen-bond donors (Lipinski definition) is 0. The summed E-state index contributed by atoms with van der Waals surface area (Å²) in [4.78, 5) is 1.55. The van der Waals surface area contributed by atoms with E-state index in [9.17, 15) is 0 Å². The first-order valence-electron chi connectivity index (χ1n) is 8.11. The van der Waals surface area contributed by atoms with Crippen LogP contribution < -0.4 is 5.22 Å². The van der Waals surface area contributed by atoms with Gasteiger partial charge in [-0.05, 0) is 57.2 Å². The van der Waals surface area contributed by atoms with Crippen LogP contribution in [0.15, 0.2) is 47.1 Å². The zero-order valence-corrected chi connectivity index (χ0v) is 15.6. The molecule has 1 aromatic rings. The molecule has 0 spiro atoms. The van der Waals surface area contributed by atoms with E-state index in [4.69, 9.17) is 0 Å². The number of fused-ring (bicyclic) bond motifs is 1. The molecule has 1 heteroatoms. The number of allylic oxidation sites excluding steroid dienone is 5. The third-order valence-corrected chi connectivity index (χ3v) is 6.26. The second-order valence-corrected chi connectivity index (χ2v) is 10.2. The van der Waals surface area contributed by atoms with Gasteiger partial charge in [-0.1, -0.05) is 69.8 Å². The van der Waals surface area contributed by atoms with Gasteiger partial charge >= 0.3 is 0 Å². The first-order valence-corrected chi connectivity index (χ1v) is 10.6. The fourth-order valence-electron chi connectivity index (χ4n) is 3.36. The molecule has 113 valence electrons. The standard InChI is InChI=1S/C21H25Si/c1-14-18(15-10-11-17(12-15)21(2,3)4)13-16-8-7-9-19(20(14)16)22(5)6/h7-11H,12H2,1-6H3. The van der Waals surface area contributed by atoms with Gasteiger partial charge in [0.15, 0.2) is 0 Å². The van der Waals surface area contributed by atoms with Gasteiger partial charge in [-0.3, -0.25) is 0 Å². The highest BCUT2D eigenvalue weighted by Crippen LogP contribution is 2.39. The molecular weight excluding hydrogens is 280 g/mol. The lowest BCUT2D eigenvalue weighted by Crippen LogP contribution is -2.12. The zero-order valence-electron chi connectivity index (χ0n) is 14.6. The summed E-state index contributed by atoms with van der Waals surface area (Å²) >= 11 is 0. The molecule has 0 saturated heterocycles. The van der Waals surface area contributed by atoms with Crippen molar-refractivity contribution >= 4 is 14.0 Å². The zero-order chi connectivity index (χ0) is 16.1. The molecule has 0 bridgehead atoms.